The molecule has 0 aliphatic rings. The molecule has 2 nitrogen and oxygen atoms in total. The van der Waals surface area contributed by atoms with Crippen LogP contribution in [0.1, 0.15) is 5.56 Å². The summed E-state index contributed by atoms with van der Waals surface area (Å²) in [7, 11) is 0. The van der Waals surface area contributed by atoms with Crippen molar-refractivity contribution in [3.63, 3.8) is 0 Å². The highest BCUT2D eigenvalue weighted by atomic mass is 32.2. The summed E-state index contributed by atoms with van der Waals surface area (Å²) in [5.41, 5.74) is 7.29. The number of benzene rings is 1. The molecule has 0 unspecified atom stereocenters. The maximum Gasteiger partial charge on any atom is 0.102 e. The average molecular weight is 220 g/mol. The third-order valence-electron chi connectivity index (χ3n) is 2.07. The van der Waals surface area contributed by atoms with E-state index in [1.165, 1.54) is 11.3 Å². The van der Waals surface area contributed by atoms with Gasteiger partial charge in [-0.3, -0.25) is 0 Å². The summed E-state index contributed by atoms with van der Waals surface area (Å²) in [6.07, 6.45) is 1.97. The highest BCUT2D eigenvalue weighted by Crippen LogP contribution is 2.35. The van der Waals surface area contributed by atoms with Gasteiger partial charge in [0.05, 0.1) is 16.0 Å². The fourth-order valence-corrected chi connectivity index (χ4v) is 2.95. The van der Waals surface area contributed by atoms with Gasteiger partial charge in [-0.2, -0.15) is 5.26 Å². The van der Waals surface area contributed by atoms with E-state index in [-0.39, 0.29) is 0 Å². The van der Waals surface area contributed by atoms with E-state index in [4.69, 9.17) is 11.0 Å². The lowest BCUT2D eigenvalue weighted by Gasteiger charge is -2.00. The topological polar surface area (TPSA) is 49.8 Å². The van der Waals surface area contributed by atoms with Gasteiger partial charge >= 0.3 is 0 Å². The van der Waals surface area contributed by atoms with E-state index in [0.717, 1.165) is 26.2 Å². The zero-order valence-corrected chi connectivity index (χ0v) is 9.21. The standard InChI is InChI=1S/C10H8N2S2/c1-13-9-3-2-6-8(12)5-14-10(6)7(9)4-11/h2-3,5H,12H2,1H3. The summed E-state index contributed by atoms with van der Waals surface area (Å²) >= 11 is 3.12. The molecule has 0 radical (unpaired) electrons. The Morgan fingerprint density at radius 2 is 2.29 bits per heavy atom. The van der Waals surface area contributed by atoms with Crippen LogP contribution in [0.25, 0.3) is 10.1 Å². The molecule has 0 aliphatic carbocycles. The Kier molecular flexibility index (Phi) is 2.36. The molecule has 4 heteroatoms. The Bertz CT molecular complexity index is 523. The molecule has 0 spiro atoms. The number of nitrogens with zero attached hydrogens (tertiary/aromatic N) is 1. The monoisotopic (exact) mass is 220 g/mol. The van der Waals surface area contributed by atoms with Crippen molar-refractivity contribution in [1.29, 1.82) is 5.26 Å². The van der Waals surface area contributed by atoms with Gasteiger partial charge < -0.3 is 5.73 Å². The summed E-state index contributed by atoms with van der Waals surface area (Å²) in [5.74, 6) is 0. The molecular formula is C10H8N2S2. The van der Waals surface area contributed by atoms with Crippen LogP contribution in [0.4, 0.5) is 5.69 Å². The zero-order valence-electron chi connectivity index (χ0n) is 7.57. The number of anilines is 1. The van der Waals surface area contributed by atoms with Crippen molar-refractivity contribution >= 4 is 38.9 Å². The normalized spacial score (nSPS) is 10.3. The molecule has 0 fully saturated rings. The molecule has 1 aromatic heterocycles. The van der Waals surface area contributed by atoms with E-state index in [2.05, 4.69) is 6.07 Å². The van der Waals surface area contributed by atoms with Gasteiger partial charge in [-0.15, -0.1) is 23.1 Å². The molecule has 70 valence electrons. The van der Waals surface area contributed by atoms with Crippen molar-refractivity contribution < 1.29 is 0 Å². The molecule has 0 saturated heterocycles. The maximum absolute atomic E-state index is 9.06. The van der Waals surface area contributed by atoms with Crippen LogP contribution < -0.4 is 5.73 Å². The smallest absolute Gasteiger partial charge is 0.102 e. The van der Waals surface area contributed by atoms with Crippen LogP contribution in [0.15, 0.2) is 22.4 Å². The molecule has 2 N–H and O–H groups in total. The summed E-state index contributed by atoms with van der Waals surface area (Å²) in [4.78, 5) is 1.02. The number of fused-ring (bicyclic) bond motifs is 1. The molecule has 0 atom stereocenters. The van der Waals surface area contributed by atoms with Crippen molar-refractivity contribution in [2.24, 2.45) is 0 Å². The first-order valence-corrected chi connectivity index (χ1v) is 6.12. The summed E-state index contributed by atoms with van der Waals surface area (Å²) in [5, 5.41) is 11.9. The number of nitrogen functional groups attached to an aromatic ring is 1. The van der Waals surface area contributed by atoms with Gasteiger partial charge in [0, 0.05) is 15.7 Å². The van der Waals surface area contributed by atoms with E-state index >= 15 is 0 Å². The van der Waals surface area contributed by atoms with Gasteiger partial charge in [0.1, 0.15) is 6.07 Å². The van der Waals surface area contributed by atoms with E-state index in [0.29, 0.717) is 0 Å². The van der Waals surface area contributed by atoms with Crippen molar-refractivity contribution in [3.8, 4) is 6.07 Å². The quantitative estimate of drug-likeness (QED) is 0.751. The van der Waals surface area contributed by atoms with Crippen molar-refractivity contribution in [3.05, 3.63) is 23.1 Å². The van der Waals surface area contributed by atoms with E-state index in [9.17, 15) is 0 Å². The molecule has 1 aromatic carbocycles. The van der Waals surface area contributed by atoms with Gasteiger partial charge in [-0.1, -0.05) is 6.07 Å². The molecule has 1 heterocycles. The number of rotatable bonds is 1. The number of hydrogen-bond acceptors (Lipinski definition) is 4. The van der Waals surface area contributed by atoms with E-state index in [1.807, 2.05) is 23.8 Å². The van der Waals surface area contributed by atoms with Crippen LogP contribution >= 0.6 is 23.1 Å². The molecule has 2 rings (SSSR count). The highest BCUT2D eigenvalue weighted by molar-refractivity contribution is 7.98. The summed E-state index contributed by atoms with van der Waals surface area (Å²) in [6.45, 7) is 0. The molecule has 0 aliphatic heterocycles. The van der Waals surface area contributed by atoms with Crippen molar-refractivity contribution in [2.45, 2.75) is 4.90 Å². The predicted octanol–water partition coefficient (Wildman–Crippen LogP) is 3.08. The van der Waals surface area contributed by atoms with Crippen LogP contribution in [0.3, 0.4) is 0 Å². The second-order valence-corrected chi connectivity index (χ2v) is 4.55. The third-order valence-corrected chi connectivity index (χ3v) is 3.88. The average Bonchev–Trinajstić information content (AvgIpc) is 2.59. The van der Waals surface area contributed by atoms with E-state index < -0.39 is 0 Å². The Balaban J connectivity index is 2.86. The molecule has 0 saturated carbocycles. The maximum atomic E-state index is 9.06. The molecule has 0 bridgehead atoms. The summed E-state index contributed by atoms with van der Waals surface area (Å²) in [6, 6.07) is 6.17. The first kappa shape index (κ1) is 9.38. The Morgan fingerprint density at radius 3 is 2.93 bits per heavy atom. The minimum Gasteiger partial charge on any atom is -0.398 e. The fraction of sp³-hybridized carbons (Fsp3) is 0.100. The number of thiophene rings is 1. The molecule has 14 heavy (non-hydrogen) atoms. The summed E-state index contributed by atoms with van der Waals surface area (Å²) < 4.78 is 0.997. The van der Waals surface area contributed by atoms with Crippen LogP contribution in [0.2, 0.25) is 0 Å². The van der Waals surface area contributed by atoms with Crippen molar-refractivity contribution in [2.75, 3.05) is 12.0 Å². The predicted molar refractivity (Wildman–Crippen MR) is 62.7 cm³/mol. The number of hydrogen-bond donors (Lipinski definition) is 1. The number of thioether (sulfide) groups is 1. The van der Waals surface area contributed by atoms with Gasteiger partial charge in [-0.05, 0) is 12.3 Å². The lowest BCUT2D eigenvalue weighted by Crippen LogP contribution is -1.83. The molecule has 0 amide bonds. The molecular weight excluding hydrogens is 212 g/mol. The minimum absolute atomic E-state index is 0.747. The minimum atomic E-state index is 0.747. The van der Waals surface area contributed by atoms with Gasteiger partial charge in [0.25, 0.3) is 0 Å². The lowest BCUT2D eigenvalue weighted by atomic mass is 10.1. The SMILES string of the molecule is CSc1ccc2c(N)csc2c1C#N. The number of nitrogens with two attached hydrogens (primary N) is 1. The largest absolute Gasteiger partial charge is 0.398 e. The second kappa shape index (κ2) is 3.52. The van der Waals surface area contributed by atoms with Crippen LogP contribution in [-0.4, -0.2) is 6.26 Å². The van der Waals surface area contributed by atoms with Crippen LogP contribution in [0, 0.1) is 11.3 Å². The van der Waals surface area contributed by atoms with Gasteiger partial charge in [-0.25, -0.2) is 0 Å². The van der Waals surface area contributed by atoms with Crippen LogP contribution in [0.5, 0.6) is 0 Å². The Labute approximate surface area is 90.3 Å². The first-order chi connectivity index (χ1) is 6.77. The van der Waals surface area contributed by atoms with Gasteiger partial charge in [0.2, 0.25) is 0 Å². The Morgan fingerprint density at radius 1 is 1.50 bits per heavy atom. The zero-order chi connectivity index (χ0) is 10.1. The fourth-order valence-electron chi connectivity index (χ4n) is 1.38. The molecule has 2 aromatic rings. The second-order valence-electron chi connectivity index (χ2n) is 2.82. The Hall–Kier alpha value is -1.18. The van der Waals surface area contributed by atoms with Crippen LogP contribution in [-0.2, 0) is 0 Å². The first-order valence-electron chi connectivity index (χ1n) is 4.01. The van der Waals surface area contributed by atoms with E-state index in [1.54, 1.807) is 11.8 Å². The highest BCUT2D eigenvalue weighted by Gasteiger charge is 2.09. The van der Waals surface area contributed by atoms with Crippen molar-refractivity contribution in [1.82, 2.24) is 0 Å². The van der Waals surface area contributed by atoms with Gasteiger partial charge in [0.15, 0.2) is 0 Å². The lowest BCUT2D eigenvalue weighted by molar-refractivity contribution is 1.42. The third kappa shape index (κ3) is 1.26. The number of nitriles is 1.